The van der Waals surface area contributed by atoms with Gasteiger partial charge in [0.05, 0.1) is 21.3 Å². The monoisotopic (exact) mass is 530 g/mol. The molecule has 0 atom stereocenters. The number of nitrogens with zero attached hydrogens (tertiary/aromatic N) is 1. The Bertz CT molecular complexity index is 1190. The second-order valence-electron chi connectivity index (χ2n) is 6.09. The fraction of sp³-hybridized carbons (Fsp3) is 0.0500. The number of carbonyl (C=O) groups excluding carboxylic acids is 1. The highest BCUT2D eigenvalue weighted by atomic mass is 79.9. The molecule has 0 aliphatic rings. The topological polar surface area (TPSA) is 66.5 Å². The summed E-state index contributed by atoms with van der Waals surface area (Å²) in [7, 11) is -4.17. The van der Waals surface area contributed by atoms with Crippen LogP contribution in [0.4, 0.5) is 15.8 Å². The van der Waals surface area contributed by atoms with E-state index in [1.54, 1.807) is 24.3 Å². The molecule has 0 unspecified atom stereocenters. The van der Waals surface area contributed by atoms with E-state index in [1.807, 2.05) is 0 Å². The third kappa shape index (κ3) is 5.13. The summed E-state index contributed by atoms with van der Waals surface area (Å²) in [5.74, 6) is -1.43. The van der Waals surface area contributed by atoms with Crippen molar-refractivity contribution in [3.63, 3.8) is 0 Å². The summed E-state index contributed by atoms with van der Waals surface area (Å²) in [6.07, 6.45) is 0. The first kappa shape index (κ1) is 22.6. The van der Waals surface area contributed by atoms with E-state index in [0.29, 0.717) is 4.47 Å². The third-order valence-electron chi connectivity index (χ3n) is 4.00. The van der Waals surface area contributed by atoms with E-state index >= 15 is 0 Å². The molecule has 0 heterocycles. The van der Waals surface area contributed by atoms with Crippen molar-refractivity contribution in [2.75, 3.05) is 16.2 Å². The van der Waals surface area contributed by atoms with Crippen molar-refractivity contribution in [3.8, 4) is 0 Å². The minimum Gasteiger partial charge on any atom is -0.322 e. The van der Waals surface area contributed by atoms with Crippen molar-refractivity contribution in [3.05, 3.63) is 87.1 Å². The van der Waals surface area contributed by atoms with Gasteiger partial charge in [0.15, 0.2) is 0 Å². The van der Waals surface area contributed by atoms with Crippen molar-refractivity contribution in [2.45, 2.75) is 4.90 Å². The van der Waals surface area contributed by atoms with Crippen LogP contribution in [0.25, 0.3) is 0 Å². The maximum atomic E-state index is 14.1. The zero-order valence-electron chi connectivity index (χ0n) is 15.2. The first-order chi connectivity index (χ1) is 14.2. The standard InChI is InChI=1S/C20H14BrCl2FN2O3S/c21-13-6-9-18(17(24)10-13)25-20(27)12-26(19-11-14(22)7-8-16(19)23)30(28,29)15-4-2-1-3-5-15/h1-11H,12H2,(H,25,27). The molecule has 0 fully saturated rings. The predicted octanol–water partition coefficient (Wildman–Crippen LogP) is 5.73. The van der Waals surface area contributed by atoms with Crippen molar-refractivity contribution >= 4 is 66.4 Å². The van der Waals surface area contributed by atoms with E-state index in [1.165, 1.54) is 42.5 Å². The second-order valence-corrected chi connectivity index (χ2v) is 9.71. The molecule has 30 heavy (non-hydrogen) atoms. The zero-order chi connectivity index (χ0) is 21.9. The number of carbonyl (C=O) groups is 1. The Morgan fingerprint density at radius 3 is 2.40 bits per heavy atom. The van der Waals surface area contributed by atoms with Crippen molar-refractivity contribution in [1.29, 1.82) is 0 Å². The molecule has 3 rings (SSSR count). The van der Waals surface area contributed by atoms with Crippen LogP contribution in [0.5, 0.6) is 0 Å². The molecule has 0 radical (unpaired) electrons. The molecule has 10 heteroatoms. The van der Waals surface area contributed by atoms with Crippen molar-refractivity contribution in [2.24, 2.45) is 0 Å². The maximum Gasteiger partial charge on any atom is 0.264 e. The van der Waals surface area contributed by atoms with Gasteiger partial charge in [0, 0.05) is 9.50 Å². The van der Waals surface area contributed by atoms with Crippen LogP contribution in [0, 0.1) is 5.82 Å². The number of halogens is 4. The predicted molar refractivity (Wildman–Crippen MR) is 120 cm³/mol. The normalized spacial score (nSPS) is 11.2. The van der Waals surface area contributed by atoms with E-state index in [4.69, 9.17) is 23.2 Å². The van der Waals surface area contributed by atoms with Gasteiger partial charge in [-0.05, 0) is 48.5 Å². The van der Waals surface area contributed by atoms with E-state index in [0.717, 1.165) is 4.31 Å². The van der Waals surface area contributed by atoms with Crippen LogP contribution in [0.3, 0.4) is 0 Å². The molecule has 5 nitrogen and oxygen atoms in total. The largest absolute Gasteiger partial charge is 0.322 e. The first-order valence-corrected chi connectivity index (χ1v) is 11.4. The summed E-state index contributed by atoms with van der Waals surface area (Å²) in [4.78, 5) is 12.6. The fourth-order valence-electron chi connectivity index (χ4n) is 2.61. The molecule has 3 aromatic carbocycles. The summed E-state index contributed by atoms with van der Waals surface area (Å²) in [5, 5.41) is 2.70. The molecule has 0 aliphatic heterocycles. The number of rotatable bonds is 6. The number of anilines is 2. The van der Waals surface area contributed by atoms with Crippen molar-refractivity contribution < 1.29 is 17.6 Å². The zero-order valence-corrected chi connectivity index (χ0v) is 19.1. The molecule has 156 valence electrons. The highest BCUT2D eigenvalue weighted by molar-refractivity contribution is 9.10. The lowest BCUT2D eigenvalue weighted by Crippen LogP contribution is -2.38. The van der Waals surface area contributed by atoms with Crippen LogP contribution in [0.15, 0.2) is 76.1 Å². The van der Waals surface area contributed by atoms with Gasteiger partial charge in [-0.2, -0.15) is 0 Å². The Morgan fingerprint density at radius 2 is 1.73 bits per heavy atom. The molecule has 1 N–H and O–H groups in total. The minimum absolute atomic E-state index is 0.0273. The number of hydrogen-bond donors (Lipinski definition) is 1. The van der Waals surface area contributed by atoms with Crippen LogP contribution in [0.1, 0.15) is 0 Å². The molecule has 0 aliphatic carbocycles. The van der Waals surface area contributed by atoms with Gasteiger partial charge < -0.3 is 5.32 Å². The molecule has 0 saturated carbocycles. The van der Waals surface area contributed by atoms with E-state index in [9.17, 15) is 17.6 Å². The number of hydrogen-bond acceptors (Lipinski definition) is 3. The minimum atomic E-state index is -4.17. The van der Waals surface area contributed by atoms with Gasteiger partial charge in [-0.1, -0.05) is 57.3 Å². The van der Waals surface area contributed by atoms with Crippen LogP contribution < -0.4 is 9.62 Å². The fourth-order valence-corrected chi connectivity index (χ4v) is 4.83. The molecule has 3 aromatic rings. The first-order valence-electron chi connectivity index (χ1n) is 8.46. The third-order valence-corrected chi connectivity index (χ3v) is 6.82. The lowest BCUT2D eigenvalue weighted by Gasteiger charge is -2.25. The van der Waals surface area contributed by atoms with Crippen molar-refractivity contribution in [1.82, 2.24) is 0 Å². The lowest BCUT2D eigenvalue weighted by molar-refractivity contribution is -0.114. The summed E-state index contributed by atoms with van der Waals surface area (Å²) in [6, 6.07) is 15.9. The quantitative estimate of drug-likeness (QED) is 0.441. The molecule has 0 bridgehead atoms. The lowest BCUT2D eigenvalue weighted by atomic mass is 10.3. The Hall–Kier alpha value is -2.13. The van der Waals surface area contributed by atoms with Gasteiger partial charge in [0.25, 0.3) is 10.0 Å². The number of amides is 1. The van der Waals surface area contributed by atoms with E-state index in [-0.39, 0.29) is 26.3 Å². The average Bonchev–Trinajstić information content (AvgIpc) is 2.71. The average molecular weight is 532 g/mol. The molecular weight excluding hydrogens is 518 g/mol. The summed E-state index contributed by atoms with van der Waals surface area (Å²) in [5.41, 5.74) is -0.0584. The summed E-state index contributed by atoms with van der Waals surface area (Å²) in [6.45, 7) is -0.646. The number of nitrogens with one attached hydrogen (secondary N) is 1. The second kappa shape index (κ2) is 9.34. The number of benzene rings is 3. The maximum absolute atomic E-state index is 14.1. The van der Waals surface area contributed by atoms with E-state index < -0.39 is 28.3 Å². The summed E-state index contributed by atoms with van der Waals surface area (Å²) < 4.78 is 41.9. The Kier molecular flexibility index (Phi) is 7.02. The van der Waals surface area contributed by atoms with Crippen LogP contribution >= 0.6 is 39.1 Å². The Balaban J connectivity index is 1.99. The van der Waals surface area contributed by atoms with Gasteiger partial charge in [0.1, 0.15) is 12.4 Å². The summed E-state index contributed by atoms with van der Waals surface area (Å²) >= 11 is 15.4. The van der Waals surface area contributed by atoms with Gasteiger partial charge in [0.2, 0.25) is 5.91 Å². The molecular formula is C20H14BrCl2FN2O3S. The molecule has 1 amide bonds. The number of sulfonamides is 1. The SMILES string of the molecule is O=C(CN(c1cc(Cl)ccc1Cl)S(=O)(=O)c1ccccc1)Nc1ccc(Br)cc1F. The van der Waals surface area contributed by atoms with E-state index in [2.05, 4.69) is 21.2 Å². The molecule has 0 aromatic heterocycles. The smallest absolute Gasteiger partial charge is 0.264 e. The van der Waals surface area contributed by atoms with Gasteiger partial charge in [-0.25, -0.2) is 12.8 Å². The van der Waals surface area contributed by atoms with Gasteiger partial charge in [-0.3, -0.25) is 9.10 Å². The van der Waals surface area contributed by atoms with Crippen LogP contribution in [-0.4, -0.2) is 20.9 Å². The molecule has 0 spiro atoms. The van der Waals surface area contributed by atoms with Crippen LogP contribution in [-0.2, 0) is 14.8 Å². The Labute approximate surface area is 191 Å². The highest BCUT2D eigenvalue weighted by Gasteiger charge is 2.29. The van der Waals surface area contributed by atoms with Gasteiger partial charge >= 0.3 is 0 Å². The van der Waals surface area contributed by atoms with Gasteiger partial charge in [-0.15, -0.1) is 0 Å². The highest BCUT2D eigenvalue weighted by Crippen LogP contribution is 2.33. The molecule has 0 saturated heterocycles. The Morgan fingerprint density at radius 1 is 1.03 bits per heavy atom. The van der Waals surface area contributed by atoms with Crippen LogP contribution in [0.2, 0.25) is 10.0 Å².